The summed E-state index contributed by atoms with van der Waals surface area (Å²) in [4.78, 5) is 48.4. The van der Waals surface area contributed by atoms with E-state index in [2.05, 4.69) is 5.32 Å². The number of carboxylic acids is 1. The molecule has 0 unspecified atom stereocenters. The number of hydrogen-bond acceptors (Lipinski definition) is 6. The van der Waals surface area contributed by atoms with Crippen molar-refractivity contribution < 1.29 is 33.8 Å². The highest BCUT2D eigenvalue weighted by atomic mass is 32.2. The smallest absolute Gasteiger partial charge is 0.339 e. The van der Waals surface area contributed by atoms with Crippen LogP contribution in [-0.2, 0) is 9.59 Å². The first-order valence-electron chi connectivity index (χ1n) is 8.12. The van der Waals surface area contributed by atoms with Crippen LogP contribution in [0.1, 0.15) is 15.9 Å². The van der Waals surface area contributed by atoms with Crippen molar-refractivity contribution in [2.75, 3.05) is 11.9 Å². The van der Waals surface area contributed by atoms with Gasteiger partial charge in [-0.05, 0) is 42.1 Å². The molecule has 0 saturated carbocycles. The van der Waals surface area contributed by atoms with Crippen LogP contribution in [0.15, 0.2) is 47.4 Å². The van der Waals surface area contributed by atoms with E-state index in [-0.39, 0.29) is 16.2 Å². The Morgan fingerprint density at radius 2 is 1.90 bits per heavy atom. The number of benzene rings is 2. The van der Waals surface area contributed by atoms with E-state index < -0.39 is 46.7 Å². The van der Waals surface area contributed by atoms with E-state index in [0.717, 1.165) is 12.1 Å². The number of aromatic carboxylic acids is 1. The summed E-state index contributed by atoms with van der Waals surface area (Å²) in [6.07, 6.45) is 1.23. The number of carbonyl (C=O) groups is 4. The molecule has 0 spiro atoms. The zero-order valence-electron chi connectivity index (χ0n) is 14.6. The third-order valence-electron chi connectivity index (χ3n) is 3.88. The van der Waals surface area contributed by atoms with Crippen molar-refractivity contribution in [3.63, 3.8) is 0 Å². The highest BCUT2D eigenvalue weighted by Gasteiger charge is 2.36. The predicted octanol–water partition coefficient (Wildman–Crippen LogP) is 2.90. The van der Waals surface area contributed by atoms with Crippen molar-refractivity contribution in [2.24, 2.45) is 0 Å². The molecule has 3 rings (SSSR count). The molecule has 1 aliphatic heterocycles. The van der Waals surface area contributed by atoms with Crippen LogP contribution in [0.2, 0.25) is 0 Å². The van der Waals surface area contributed by atoms with Crippen LogP contribution in [-0.4, -0.2) is 44.7 Å². The van der Waals surface area contributed by atoms with Crippen LogP contribution in [0.5, 0.6) is 5.75 Å². The zero-order chi connectivity index (χ0) is 21.1. The van der Waals surface area contributed by atoms with Crippen LogP contribution in [0.25, 0.3) is 6.08 Å². The molecule has 2 aromatic carbocycles. The van der Waals surface area contributed by atoms with Gasteiger partial charge >= 0.3 is 5.97 Å². The average Bonchev–Trinajstić information content (AvgIpc) is 2.92. The standard InChI is InChI=1S/C19H13FN2O6S/c20-13-4-2-1-3-10(13)7-15-17(25)22(19(28)29-15)9-16(24)21-11-5-6-14(23)12(8-11)18(26)27/h1-8,23H,9H2,(H,21,24)(H,26,27). The molecule has 1 aliphatic rings. The van der Waals surface area contributed by atoms with Gasteiger partial charge in [-0.25, -0.2) is 9.18 Å². The van der Waals surface area contributed by atoms with Gasteiger partial charge < -0.3 is 15.5 Å². The number of phenols is 1. The molecule has 3 amide bonds. The molecule has 0 bridgehead atoms. The minimum absolute atomic E-state index is 0.0225. The number of hydrogen-bond donors (Lipinski definition) is 3. The first-order valence-corrected chi connectivity index (χ1v) is 8.94. The van der Waals surface area contributed by atoms with Gasteiger partial charge in [0.1, 0.15) is 23.7 Å². The lowest BCUT2D eigenvalue weighted by Gasteiger charge is -2.13. The fourth-order valence-electron chi connectivity index (χ4n) is 2.50. The number of nitrogens with zero attached hydrogens (tertiary/aromatic N) is 1. The summed E-state index contributed by atoms with van der Waals surface area (Å²) >= 11 is 0.583. The molecule has 3 N–H and O–H groups in total. The van der Waals surface area contributed by atoms with Gasteiger partial charge in [0.05, 0.1) is 4.91 Å². The van der Waals surface area contributed by atoms with E-state index in [0.29, 0.717) is 16.7 Å². The minimum atomic E-state index is -1.39. The Kier molecular flexibility index (Phi) is 5.64. The second-order valence-electron chi connectivity index (χ2n) is 5.87. The molecule has 1 heterocycles. The van der Waals surface area contributed by atoms with Crippen molar-refractivity contribution in [3.05, 3.63) is 64.3 Å². The van der Waals surface area contributed by atoms with Gasteiger partial charge in [-0.3, -0.25) is 19.3 Å². The van der Waals surface area contributed by atoms with Crippen molar-refractivity contribution in [1.82, 2.24) is 4.90 Å². The Hall–Kier alpha value is -3.66. The van der Waals surface area contributed by atoms with Crippen LogP contribution >= 0.6 is 11.8 Å². The molecular weight excluding hydrogens is 403 g/mol. The molecule has 0 aliphatic carbocycles. The molecule has 1 fully saturated rings. The summed E-state index contributed by atoms with van der Waals surface area (Å²) in [6.45, 7) is -0.609. The maximum absolute atomic E-state index is 13.7. The van der Waals surface area contributed by atoms with Gasteiger partial charge in [-0.15, -0.1) is 0 Å². The van der Waals surface area contributed by atoms with Gasteiger partial charge in [-0.2, -0.15) is 0 Å². The predicted molar refractivity (Wildman–Crippen MR) is 103 cm³/mol. The second kappa shape index (κ2) is 8.15. The van der Waals surface area contributed by atoms with Gasteiger partial charge in [-0.1, -0.05) is 18.2 Å². The Labute approximate surface area is 167 Å². The molecule has 29 heavy (non-hydrogen) atoms. The van der Waals surface area contributed by atoms with E-state index in [1.807, 2.05) is 0 Å². The highest BCUT2D eigenvalue weighted by molar-refractivity contribution is 8.18. The molecule has 10 heteroatoms. The van der Waals surface area contributed by atoms with E-state index >= 15 is 0 Å². The van der Waals surface area contributed by atoms with E-state index in [1.54, 1.807) is 6.07 Å². The van der Waals surface area contributed by atoms with E-state index in [9.17, 15) is 28.7 Å². The molecule has 0 atom stereocenters. The van der Waals surface area contributed by atoms with Crippen LogP contribution < -0.4 is 5.32 Å². The van der Waals surface area contributed by atoms with E-state index in [4.69, 9.17) is 5.11 Å². The highest BCUT2D eigenvalue weighted by Crippen LogP contribution is 2.32. The van der Waals surface area contributed by atoms with Crippen molar-refractivity contribution in [2.45, 2.75) is 0 Å². The summed E-state index contributed by atoms with van der Waals surface area (Å²) in [7, 11) is 0. The summed E-state index contributed by atoms with van der Waals surface area (Å²) in [5, 5.41) is 20.1. The second-order valence-corrected chi connectivity index (χ2v) is 6.87. The molecule has 0 radical (unpaired) electrons. The van der Waals surface area contributed by atoms with Crippen LogP contribution in [0.3, 0.4) is 0 Å². The molecule has 0 aromatic heterocycles. The number of amides is 3. The lowest BCUT2D eigenvalue weighted by molar-refractivity contribution is -0.127. The lowest BCUT2D eigenvalue weighted by Crippen LogP contribution is -2.36. The number of carboxylic acid groups (broad SMARTS) is 1. The number of rotatable bonds is 5. The van der Waals surface area contributed by atoms with E-state index in [1.165, 1.54) is 30.3 Å². The third-order valence-corrected chi connectivity index (χ3v) is 4.79. The first-order chi connectivity index (χ1) is 13.8. The Bertz CT molecular complexity index is 1070. The maximum Gasteiger partial charge on any atom is 0.339 e. The topological polar surface area (TPSA) is 124 Å². The average molecular weight is 416 g/mol. The number of carbonyl (C=O) groups excluding carboxylic acids is 3. The minimum Gasteiger partial charge on any atom is -0.507 e. The van der Waals surface area contributed by atoms with Crippen molar-refractivity contribution in [3.8, 4) is 5.75 Å². The van der Waals surface area contributed by atoms with Gasteiger partial charge in [0.15, 0.2) is 0 Å². The SMILES string of the molecule is O=C(CN1C(=O)SC(=Cc2ccccc2F)C1=O)Nc1ccc(O)c(C(=O)O)c1. The monoisotopic (exact) mass is 416 g/mol. The van der Waals surface area contributed by atoms with Gasteiger partial charge in [0.25, 0.3) is 11.1 Å². The number of thioether (sulfide) groups is 1. The van der Waals surface area contributed by atoms with Crippen LogP contribution in [0, 0.1) is 5.82 Å². The molecule has 148 valence electrons. The first kappa shape index (κ1) is 20.1. The summed E-state index contributed by atoms with van der Waals surface area (Å²) < 4.78 is 13.7. The quantitative estimate of drug-likeness (QED) is 0.506. The number of nitrogens with one attached hydrogen (secondary N) is 1. The number of halogens is 1. The fourth-order valence-corrected chi connectivity index (χ4v) is 3.33. The lowest BCUT2D eigenvalue weighted by atomic mass is 10.2. The van der Waals surface area contributed by atoms with Gasteiger partial charge in [0.2, 0.25) is 5.91 Å². The molecule has 1 saturated heterocycles. The van der Waals surface area contributed by atoms with Crippen molar-refractivity contribution in [1.29, 1.82) is 0 Å². The third kappa shape index (κ3) is 4.43. The number of aromatic hydroxyl groups is 1. The molecular formula is C19H13FN2O6S. The molecule has 2 aromatic rings. The fraction of sp³-hybridized carbons (Fsp3) is 0.0526. The normalized spacial score (nSPS) is 15.1. The molecule has 8 nitrogen and oxygen atoms in total. The number of imide groups is 1. The summed E-state index contributed by atoms with van der Waals surface area (Å²) in [5.74, 6) is -3.90. The summed E-state index contributed by atoms with van der Waals surface area (Å²) in [6, 6.07) is 9.13. The van der Waals surface area contributed by atoms with Crippen molar-refractivity contribution >= 4 is 46.5 Å². The maximum atomic E-state index is 13.7. The van der Waals surface area contributed by atoms with Gasteiger partial charge in [0, 0.05) is 11.3 Å². The zero-order valence-corrected chi connectivity index (χ0v) is 15.4. The van der Waals surface area contributed by atoms with Crippen LogP contribution in [0.4, 0.5) is 14.9 Å². The number of anilines is 1. The Morgan fingerprint density at radius 3 is 2.59 bits per heavy atom. The Balaban J connectivity index is 1.72. The Morgan fingerprint density at radius 1 is 1.17 bits per heavy atom. The largest absolute Gasteiger partial charge is 0.507 e. The summed E-state index contributed by atoms with van der Waals surface area (Å²) in [5.41, 5.74) is -0.214.